The second-order valence-corrected chi connectivity index (χ2v) is 4.95. The average molecular weight is 232 g/mol. The first-order chi connectivity index (χ1) is 7.22. The summed E-state index contributed by atoms with van der Waals surface area (Å²) in [6, 6.07) is 8.36. The van der Waals surface area contributed by atoms with Gasteiger partial charge in [-0.25, -0.2) is 0 Å². The van der Waals surface area contributed by atoms with Crippen LogP contribution in [0, 0.1) is 0 Å². The molecule has 0 amide bonds. The van der Waals surface area contributed by atoms with Crippen molar-refractivity contribution in [2.45, 2.75) is 6.92 Å². The minimum Gasteiger partial charge on any atom is -0.144 e. The highest BCUT2D eigenvalue weighted by Crippen LogP contribution is 2.12. The summed E-state index contributed by atoms with van der Waals surface area (Å²) in [5, 5.41) is 2.46. The Morgan fingerprint density at radius 1 is 1.40 bits per heavy atom. The van der Waals surface area contributed by atoms with Gasteiger partial charge in [-0.05, 0) is 19.1 Å². The Hall–Kier alpha value is -0.990. The van der Waals surface area contributed by atoms with Gasteiger partial charge in [0.05, 0.1) is 0 Å². The molecule has 1 heterocycles. The van der Waals surface area contributed by atoms with E-state index in [0.717, 1.165) is 9.44 Å². The van der Waals surface area contributed by atoms with Crippen LogP contribution < -0.4 is 9.75 Å². The van der Waals surface area contributed by atoms with Crippen molar-refractivity contribution in [3.05, 3.63) is 45.0 Å². The van der Waals surface area contributed by atoms with Gasteiger partial charge in [-0.2, -0.15) is 0 Å². The Morgan fingerprint density at radius 3 is 2.87 bits per heavy atom. The smallest absolute Gasteiger partial charge is 0.0355 e. The molecule has 0 nitrogen and oxygen atoms in total. The predicted octanol–water partition coefficient (Wildman–Crippen LogP) is 2.93. The molecule has 0 aliphatic carbocycles. The van der Waals surface area contributed by atoms with Gasteiger partial charge in [0.2, 0.25) is 0 Å². The number of rotatable bonds is 1. The molecule has 0 N–H and O–H groups in total. The molecular formula is C13H12S2. The molecule has 0 saturated heterocycles. The molecule has 0 bridgehead atoms. The second-order valence-electron chi connectivity index (χ2n) is 3.29. The van der Waals surface area contributed by atoms with E-state index < -0.39 is 0 Å². The zero-order chi connectivity index (χ0) is 10.8. The number of fused-ring (bicyclic) bond motifs is 1. The molecule has 2 rings (SSSR count). The molecule has 0 fully saturated rings. The zero-order valence-electron chi connectivity index (χ0n) is 8.53. The fourth-order valence-corrected chi connectivity index (χ4v) is 2.61. The maximum absolute atomic E-state index is 4.37. The Balaban J connectivity index is 2.86. The maximum Gasteiger partial charge on any atom is 0.0355 e. The van der Waals surface area contributed by atoms with Crippen LogP contribution in [0.15, 0.2) is 35.2 Å². The summed E-state index contributed by atoms with van der Waals surface area (Å²) >= 11 is 6.10. The van der Waals surface area contributed by atoms with Crippen LogP contribution in [0.4, 0.5) is 0 Å². The van der Waals surface area contributed by atoms with Gasteiger partial charge in [0, 0.05) is 24.7 Å². The predicted molar refractivity (Wildman–Crippen MR) is 73.8 cm³/mol. The Bertz CT molecular complexity index is 618. The van der Waals surface area contributed by atoms with Gasteiger partial charge in [0.15, 0.2) is 0 Å². The first-order valence-corrected chi connectivity index (χ1v) is 6.02. The molecule has 0 atom stereocenters. The zero-order valence-corrected chi connectivity index (χ0v) is 10.2. The maximum atomic E-state index is 4.37. The van der Waals surface area contributed by atoms with Crippen LogP contribution in [0.5, 0.6) is 0 Å². The van der Waals surface area contributed by atoms with Gasteiger partial charge >= 0.3 is 0 Å². The molecule has 0 aliphatic rings. The van der Waals surface area contributed by atoms with Crippen molar-refractivity contribution in [3.63, 3.8) is 0 Å². The lowest BCUT2D eigenvalue weighted by atomic mass is 10.2. The van der Waals surface area contributed by atoms with E-state index in [2.05, 4.69) is 49.5 Å². The van der Waals surface area contributed by atoms with Gasteiger partial charge in [-0.15, -0.1) is 24.0 Å². The van der Waals surface area contributed by atoms with Crippen LogP contribution in [0.2, 0.25) is 0 Å². The van der Waals surface area contributed by atoms with Gasteiger partial charge in [0.1, 0.15) is 0 Å². The average Bonchev–Trinajstić information content (AvgIpc) is 2.55. The standard InChI is InChI=1S/C13H12S2/c1-3-10(14)8-12-9(2)15-13-7-5-4-6-11(12)13/h3-8,14H,2H2,1H3/b10-3+,12-8+. The lowest BCUT2D eigenvalue weighted by Crippen LogP contribution is -2.16. The van der Waals surface area contributed by atoms with Crippen molar-refractivity contribution in [3.8, 4) is 0 Å². The summed E-state index contributed by atoms with van der Waals surface area (Å²) in [4.78, 5) is 0.975. The van der Waals surface area contributed by atoms with E-state index in [-0.39, 0.29) is 0 Å². The van der Waals surface area contributed by atoms with Crippen molar-refractivity contribution in [1.82, 2.24) is 0 Å². The highest BCUT2D eigenvalue weighted by atomic mass is 32.1. The van der Waals surface area contributed by atoms with Gasteiger partial charge in [-0.1, -0.05) is 30.9 Å². The minimum absolute atomic E-state index is 0.975. The van der Waals surface area contributed by atoms with Crippen molar-refractivity contribution in [2.24, 2.45) is 0 Å². The van der Waals surface area contributed by atoms with Crippen LogP contribution in [0.3, 0.4) is 0 Å². The van der Waals surface area contributed by atoms with Crippen LogP contribution in [0.1, 0.15) is 6.92 Å². The fraction of sp³-hybridized carbons (Fsp3) is 0.0769. The normalized spacial score (nSPS) is 13.7. The van der Waals surface area contributed by atoms with E-state index in [9.17, 15) is 0 Å². The Kier molecular flexibility index (Phi) is 2.98. The van der Waals surface area contributed by atoms with Gasteiger partial charge < -0.3 is 0 Å². The van der Waals surface area contributed by atoms with Crippen LogP contribution in [-0.2, 0) is 0 Å². The van der Waals surface area contributed by atoms with Crippen molar-refractivity contribution < 1.29 is 0 Å². The van der Waals surface area contributed by atoms with Gasteiger partial charge in [0.25, 0.3) is 0 Å². The van der Waals surface area contributed by atoms with E-state index in [1.807, 2.05) is 13.0 Å². The SMILES string of the molecule is C=c1sc2ccccc2/c1=C/C(S)=C\C. The highest BCUT2D eigenvalue weighted by Gasteiger charge is 1.98. The van der Waals surface area contributed by atoms with E-state index in [1.165, 1.54) is 15.3 Å². The number of thiophene rings is 1. The molecule has 0 saturated carbocycles. The summed E-state index contributed by atoms with van der Waals surface area (Å²) < 4.78 is 2.38. The van der Waals surface area contributed by atoms with Crippen LogP contribution in [-0.4, -0.2) is 0 Å². The van der Waals surface area contributed by atoms with E-state index >= 15 is 0 Å². The molecule has 1 aromatic heterocycles. The number of hydrogen-bond donors (Lipinski definition) is 1. The van der Waals surface area contributed by atoms with E-state index in [0.29, 0.717) is 0 Å². The summed E-state index contributed by atoms with van der Waals surface area (Å²) in [7, 11) is 0. The topological polar surface area (TPSA) is 0 Å². The van der Waals surface area contributed by atoms with Crippen LogP contribution in [0.25, 0.3) is 22.7 Å². The number of allylic oxidation sites excluding steroid dienone is 2. The third-order valence-electron chi connectivity index (χ3n) is 2.30. The number of thiol groups is 1. The fourth-order valence-electron chi connectivity index (χ4n) is 1.51. The summed E-state index contributed by atoms with van der Waals surface area (Å²) in [5.41, 5.74) is 0. The molecule has 0 radical (unpaired) electrons. The quantitative estimate of drug-likeness (QED) is 0.718. The first kappa shape index (κ1) is 10.5. The Morgan fingerprint density at radius 2 is 2.13 bits per heavy atom. The van der Waals surface area contributed by atoms with Crippen molar-refractivity contribution >= 4 is 46.7 Å². The summed E-state index contributed by atoms with van der Waals surface area (Å²) in [6.07, 6.45) is 4.05. The minimum atomic E-state index is 0.975. The molecule has 2 aromatic rings. The molecule has 76 valence electrons. The molecule has 0 aliphatic heterocycles. The number of hydrogen-bond acceptors (Lipinski definition) is 2. The Labute approximate surface area is 98.7 Å². The summed E-state index contributed by atoms with van der Waals surface area (Å²) in [6.45, 7) is 6.05. The third kappa shape index (κ3) is 2.01. The molecule has 15 heavy (non-hydrogen) atoms. The van der Waals surface area contributed by atoms with Crippen molar-refractivity contribution in [2.75, 3.05) is 0 Å². The monoisotopic (exact) mass is 232 g/mol. The first-order valence-electron chi connectivity index (χ1n) is 4.76. The molecule has 1 aromatic carbocycles. The van der Waals surface area contributed by atoms with E-state index in [1.54, 1.807) is 11.3 Å². The van der Waals surface area contributed by atoms with Crippen LogP contribution >= 0.6 is 24.0 Å². The number of benzene rings is 1. The van der Waals surface area contributed by atoms with Crippen molar-refractivity contribution in [1.29, 1.82) is 0 Å². The molecule has 0 unspecified atom stereocenters. The largest absolute Gasteiger partial charge is 0.144 e. The van der Waals surface area contributed by atoms with Gasteiger partial charge in [-0.3, -0.25) is 0 Å². The molecule has 0 spiro atoms. The summed E-state index contributed by atoms with van der Waals surface area (Å²) in [5.74, 6) is 0. The lowest BCUT2D eigenvalue weighted by molar-refractivity contribution is 1.71. The third-order valence-corrected chi connectivity index (χ3v) is 3.73. The van der Waals surface area contributed by atoms with E-state index in [4.69, 9.17) is 0 Å². The second kappa shape index (κ2) is 4.25. The molecule has 2 heteroatoms. The lowest BCUT2D eigenvalue weighted by Gasteiger charge is -1.88. The molecular weight excluding hydrogens is 220 g/mol. The highest BCUT2D eigenvalue weighted by molar-refractivity contribution is 7.85.